The summed E-state index contributed by atoms with van der Waals surface area (Å²) in [6.07, 6.45) is 6.19. The number of carbonyl (C=O) groups is 2. The first kappa shape index (κ1) is 28.2. The molecule has 0 spiro atoms. The zero-order valence-electron chi connectivity index (χ0n) is 21.9. The standard InChI is InChI=1S/C32H36Cl2N2O2/c1-2-30(32(38)35-27-16-10-5-11-17-27)36(22-25-18-19-26(33)20-29(25)34)31(37)21-28(23-12-6-3-7-13-23)24-14-8-4-9-15-24/h3-4,6-9,12-15,18-20,27-28,30H,2,5,10-11,16-17,21-22H2,1H3,(H,35,38)/t30-/m1/s1. The molecule has 200 valence electrons. The number of amides is 2. The van der Waals surface area contributed by atoms with Gasteiger partial charge in [0.1, 0.15) is 6.04 Å². The van der Waals surface area contributed by atoms with Gasteiger partial charge >= 0.3 is 0 Å². The molecule has 0 aromatic heterocycles. The summed E-state index contributed by atoms with van der Waals surface area (Å²) < 4.78 is 0. The maximum atomic E-state index is 14.2. The number of halogens is 2. The highest BCUT2D eigenvalue weighted by molar-refractivity contribution is 6.35. The van der Waals surface area contributed by atoms with Gasteiger partial charge in [0.05, 0.1) is 0 Å². The van der Waals surface area contributed by atoms with Gasteiger partial charge in [0.25, 0.3) is 0 Å². The average Bonchev–Trinajstić information content (AvgIpc) is 2.94. The van der Waals surface area contributed by atoms with Crippen LogP contribution in [0.2, 0.25) is 10.0 Å². The van der Waals surface area contributed by atoms with Gasteiger partial charge in [0.15, 0.2) is 0 Å². The molecule has 1 atom stereocenters. The molecule has 0 saturated heterocycles. The molecule has 1 N–H and O–H groups in total. The van der Waals surface area contributed by atoms with Gasteiger partial charge in [-0.3, -0.25) is 9.59 Å². The number of hydrogen-bond donors (Lipinski definition) is 1. The molecule has 6 heteroatoms. The van der Waals surface area contributed by atoms with Crippen LogP contribution in [0.25, 0.3) is 0 Å². The van der Waals surface area contributed by atoms with E-state index in [2.05, 4.69) is 29.6 Å². The van der Waals surface area contributed by atoms with Gasteiger partial charge in [-0.2, -0.15) is 0 Å². The first-order chi connectivity index (χ1) is 18.5. The third-order valence-corrected chi connectivity index (χ3v) is 8.06. The van der Waals surface area contributed by atoms with Crippen LogP contribution in [-0.4, -0.2) is 28.8 Å². The number of carbonyl (C=O) groups excluding carboxylic acids is 2. The molecule has 3 aromatic carbocycles. The molecule has 0 aliphatic heterocycles. The van der Waals surface area contributed by atoms with Crippen LogP contribution in [0.5, 0.6) is 0 Å². The Balaban J connectivity index is 1.64. The Labute approximate surface area is 236 Å². The molecule has 0 heterocycles. The summed E-state index contributed by atoms with van der Waals surface area (Å²) in [6, 6.07) is 25.0. The van der Waals surface area contributed by atoms with Gasteiger partial charge < -0.3 is 10.2 Å². The van der Waals surface area contributed by atoms with E-state index in [9.17, 15) is 9.59 Å². The van der Waals surface area contributed by atoms with Crippen molar-refractivity contribution in [1.82, 2.24) is 10.2 Å². The minimum absolute atomic E-state index is 0.0839. The van der Waals surface area contributed by atoms with Crippen molar-refractivity contribution in [2.75, 3.05) is 0 Å². The van der Waals surface area contributed by atoms with Gasteiger partial charge in [-0.15, -0.1) is 0 Å². The SMILES string of the molecule is CC[C@H](C(=O)NC1CCCCC1)N(Cc1ccc(Cl)cc1Cl)C(=O)CC(c1ccccc1)c1ccccc1. The van der Waals surface area contributed by atoms with Crippen molar-refractivity contribution >= 4 is 35.0 Å². The van der Waals surface area contributed by atoms with Crippen LogP contribution in [0, 0.1) is 0 Å². The summed E-state index contributed by atoms with van der Waals surface area (Å²) in [5.41, 5.74) is 2.90. The third kappa shape index (κ3) is 7.39. The van der Waals surface area contributed by atoms with Crippen molar-refractivity contribution in [3.05, 3.63) is 106 Å². The molecule has 4 rings (SSSR count). The first-order valence-corrected chi connectivity index (χ1v) is 14.4. The van der Waals surface area contributed by atoms with E-state index in [1.165, 1.54) is 6.42 Å². The fraction of sp³-hybridized carbons (Fsp3) is 0.375. The second kappa shape index (κ2) is 13.8. The highest BCUT2D eigenvalue weighted by Gasteiger charge is 2.32. The van der Waals surface area contributed by atoms with Crippen LogP contribution < -0.4 is 5.32 Å². The van der Waals surface area contributed by atoms with E-state index in [0.717, 1.165) is 42.4 Å². The lowest BCUT2D eigenvalue weighted by atomic mass is 9.88. The van der Waals surface area contributed by atoms with E-state index < -0.39 is 6.04 Å². The maximum Gasteiger partial charge on any atom is 0.243 e. The largest absolute Gasteiger partial charge is 0.352 e. The van der Waals surface area contributed by atoms with Crippen LogP contribution in [-0.2, 0) is 16.1 Å². The predicted molar refractivity (Wildman–Crippen MR) is 155 cm³/mol. The second-order valence-electron chi connectivity index (χ2n) is 10.1. The molecule has 1 aliphatic rings. The quantitative estimate of drug-likeness (QED) is 0.280. The van der Waals surface area contributed by atoms with E-state index in [-0.39, 0.29) is 36.7 Å². The molecule has 1 fully saturated rings. The summed E-state index contributed by atoms with van der Waals surface area (Å²) in [6.45, 7) is 2.20. The molecule has 1 aliphatic carbocycles. The van der Waals surface area contributed by atoms with E-state index in [4.69, 9.17) is 23.2 Å². The molecule has 0 unspecified atom stereocenters. The van der Waals surface area contributed by atoms with Crippen molar-refractivity contribution < 1.29 is 9.59 Å². The van der Waals surface area contributed by atoms with E-state index in [1.807, 2.05) is 49.4 Å². The smallest absolute Gasteiger partial charge is 0.243 e. The number of nitrogens with one attached hydrogen (secondary N) is 1. The normalized spacial score (nSPS) is 14.7. The Morgan fingerprint density at radius 2 is 1.50 bits per heavy atom. The molecule has 1 saturated carbocycles. The highest BCUT2D eigenvalue weighted by atomic mass is 35.5. The second-order valence-corrected chi connectivity index (χ2v) is 10.9. The number of benzene rings is 3. The summed E-state index contributed by atoms with van der Waals surface area (Å²) in [7, 11) is 0. The van der Waals surface area contributed by atoms with Crippen molar-refractivity contribution in [3.8, 4) is 0 Å². The van der Waals surface area contributed by atoms with Crippen LogP contribution >= 0.6 is 23.2 Å². The van der Waals surface area contributed by atoms with Gasteiger partial charge in [-0.25, -0.2) is 0 Å². The Morgan fingerprint density at radius 3 is 2.05 bits per heavy atom. The van der Waals surface area contributed by atoms with Gasteiger partial charge in [-0.1, -0.05) is 116 Å². The lowest BCUT2D eigenvalue weighted by Crippen LogP contribution is -2.51. The van der Waals surface area contributed by atoms with Crippen LogP contribution in [0.15, 0.2) is 78.9 Å². The van der Waals surface area contributed by atoms with Crippen LogP contribution in [0.1, 0.15) is 74.5 Å². The van der Waals surface area contributed by atoms with Crippen LogP contribution in [0.3, 0.4) is 0 Å². The summed E-state index contributed by atoms with van der Waals surface area (Å²) in [5, 5.41) is 4.27. The summed E-state index contributed by atoms with van der Waals surface area (Å²) in [4.78, 5) is 29.5. The number of rotatable bonds is 10. The average molecular weight is 552 g/mol. The van der Waals surface area contributed by atoms with Crippen LogP contribution in [0.4, 0.5) is 0 Å². The highest BCUT2D eigenvalue weighted by Crippen LogP contribution is 2.31. The van der Waals surface area contributed by atoms with E-state index in [1.54, 1.807) is 17.0 Å². The monoisotopic (exact) mass is 550 g/mol. The Bertz CT molecular complexity index is 1160. The number of hydrogen-bond acceptors (Lipinski definition) is 2. The summed E-state index contributed by atoms with van der Waals surface area (Å²) >= 11 is 12.7. The molecule has 2 amide bonds. The van der Waals surface area contributed by atoms with Crippen molar-refractivity contribution in [1.29, 1.82) is 0 Å². The first-order valence-electron chi connectivity index (χ1n) is 13.6. The van der Waals surface area contributed by atoms with Gasteiger partial charge in [0.2, 0.25) is 11.8 Å². The molecule has 4 nitrogen and oxygen atoms in total. The fourth-order valence-electron chi connectivity index (χ4n) is 5.39. The minimum Gasteiger partial charge on any atom is -0.352 e. The zero-order chi connectivity index (χ0) is 26.9. The van der Waals surface area contributed by atoms with Crippen molar-refractivity contribution in [3.63, 3.8) is 0 Å². The molecular weight excluding hydrogens is 515 g/mol. The van der Waals surface area contributed by atoms with Gasteiger partial charge in [0, 0.05) is 35.0 Å². The summed E-state index contributed by atoms with van der Waals surface area (Å²) in [5.74, 6) is -0.305. The predicted octanol–water partition coefficient (Wildman–Crippen LogP) is 7.77. The molecular formula is C32H36Cl2N2O2. The van der Waals surface area contributed by atoms with E-state index in [0.29, 0.717) is 16.5 Å². The molecule has 3 aromatic rings. The van der Waals surface area contributed by atoms with Crippen molar-refractivity contribution in [2.45, 2.75) is 76.4 Å². The molecule has 38 heavy (non-hydrogen) atoms. The zero-order valence-corrected chi connectivity index (χ0v) is 23.4. The topological polar surface area (TPSA) is 49.4 Å². The fourth-order valence-corrected chi connectivity index (χ4v) is 5.86. The lowest BCUT2D eigenvalue weighted by molar-refractivity contribution is -0.142. The third-order valence-electron chi connectivity index (χ3n) is 7.48. The van der Waals surface area contributed by atoms with E-state index >= 15 is 0 Å². The Kier molecular flexibility index (Phi) is 10.3. The lowest BCUT2D eigenvalue weighted by Gasteiger charge is -2.34. The molecule has 0 bridgehead atoms. The number of nitrogens with zero attached hydrogens (tertiary/aromatic N) is 1. The molecule has 0 radical (unpaired) electrons. The van der Waals surface area contributed by atoms with Crippen molar-refractivity contribution in [2.24, 2.45) is 0 Å². The maximum absolute atomic E-state index is 14.2. The minimum atomic E-state index is -0.594. The Morgan fingerprint density at radius 1 is 0.895 bits per heavy atom. The Hall–Kier alpha value is -2.82. The van der Waals surface area contributed by atoms with Gasteiger partial charge in [-0.05, 0) is 48.1 Å².